The molecule has 4 rings (SSSR count). The summed E-state index contributed by atoms with van der Waals surface area (Å²) < 4.78 is 1.03. The van der Waals surface area contributed by atoms with Crippen molar-refractivity contribution in [3.63, 3.8) is 0 Å². The van der Waals surface area contributed by atoms with Crippen LogP contribution in [0.4, 0.5) is 10.8 Å². The summed E-state index contributed by atoms with van der Waals surface area (Å²) >= 11 is 2.66. The molecule has 1 aliphatic rings. The molecular formula is C17H10N4O3S2. The molecule has 1 saturated heterocycles. The Balaban J connectivity index is 1.56. The second-order valence-electron chi connectivity index (χ2n) is 5.29. The van der Waals surface area contributed by atoms with Crippen LogP contribution in [0.1, 0.15) is 5.56 Å². The molecule has 9 heteroatoms. The van der Waals surface area contributed by atoms with Crippen molar-refractivity contribution in [3.8, 4) is 0 Å². The number of non-ortho nitro benzene ring substituents is 1. The maximum Gasteiger partial charge on any atom is 0.269 e. The Hall–Kier alpha value is -3.04. The van der Waals surface area contributed by atoms with Gasteiger partial charge in [0.15, 0.2) is 5.17 Å². The normalized spacial score (nSPS) is 17.2. The fraction of sp³-hybridized carbons (Fsp3) is 0. The number of hydrogen-bond donors (Lipinski definition) is 1. The summed E-state index contributed by atoms with van der Waals surface area (Å²) in [6.07, 6.45) is 1.67. The smallest absolute Gasteiger partial charge is 0.269 e. The zero-order valence-corrected chi connectivity index (χ0v) is 14.7. The van der Waals surface area contributed by atoms with E-state index in [1.807, 2.05) is 24.3 Å². The molecule has 3 aromatic rings. The van der Waals surface area contributed by atoms with Crippen LogP contribution in [-0.4, -0.2) is 21.0 Å². The molecule has 0 radical (unpaired) electrons. The number of amidine groups is 1. The Morgan fingerprint density at radius 3 is 2.65 bits per heavy atom. The number of benzene rings is 2. The minimum absolute atomic E-state index is 0.00811. The highest BCUT2D eigenvalue weighted by Gasteiger charge is 2.24. The van der Waals surface area contributed by atoms with Gasteiger partial charge in [0, 0.05) is 12.1 Å². The van der Waals surface area contributed by atoms with E-state index in [1.165, 1.54) is 35.2 Å². The van der Waals surface area contributed by atoms with Crippen molar-refractivity contribution >= 4 is 61.3 Å². The first-order chi connectivity index (χ1) is 12.6. The maximum absolute atomic E-state index is 12.1. The average molecular weight is 382 g/mol. The third kappa shape index (κ3) is 3.35. The Morgan fingerprint density at radius 1 is 1.15 bits per heavy atom. The molecule has 0 aliphatic carbocycles. The van der Waals surface area contributed by atoms with Crippen LogP contribution in [0.2, 0.25) is 0 Å². The summed E-state index contributed by atoms with van der Waals surface area (Å²) in [6.45, 7) is 0. The number of aliphatic imine (C=N–C) groups is 1. The van der Waals surface area contributed by atoms with E-state index in [4.69, 9.17) is 0 Å². The van der Waals surface area contributed by atoms with Gasteiger partial charge in [-0.25, -0.2) is 4.98 Å². The molecule has 1 aliphatic heterocycles. The summed E-state index contributed by atoms with van der Waals surface area (Å²) in [7, 11) is 0. The molecule has 2 aromatic carbocycles. The maximum atomic E-state index is 12.1. The van der Waals surface area contributed by atoms with Crippen LogP contribution in [-0.2, 0) is 4.79 Å². The van der Waals surface area contributed by atoms with Crippen molar-refractivity contribution in [2.45, 2.75) is 0 Å². The van der Waals surface area contributed by atoms with Crippen molar-refractivity contribution in [1.82, 2.24) is 10.3 Å². The Kier molecular flexibility index (Phi) is 4.23. The standard InChI is InChI=1S/C17H10N4O3S2/c22-15-14(9-10-5-7-11(8-6-10)21(23)24)26-17(19-15)20-16-18-12-3-1-2-4-13(12)25-16/h1-9H,(H,18,19,20,22)/b14-9+. The highest BCUT2D eigenvalue weighted by Crippen LogP contribution is 2.32. The lowest BCUT2D eigenvalue weighted by Gasteiger charge is -1.95. The highest BCUT2D eigenvalue weighted by molar-refractivity contribution is 8.18. The van der Waals surface area contributed by atoms with E-state index in [0.717, 1.165) is 10.2 Å². The van der Waals surface area contributed by atoms with Crippen molar-refractivity contribution in [1.29, 1.82) is 0 Å². The topological polar surface area (TPSA) is 97.5 Å². The second-order valence-corrected chi connectivity index (χ2v) is 7.33. The van der Waals surface area contributed by atoms with E-state index in [9.17, 15) is 14.9 Å². The summed E-state index contributed by atoms with van der Waals surface area (Å²) in [5.74, 6) is -0.256. The average Bonchev–Trinajstić information content (AvgIpc) is 3.18. The molecular weight excluding hydrogens is 372 g/mol. The lowest BCUT2D eigenvalue weighted by Crippen LogP contribution is -2.19. The first-order valence-corrected chi connectivity index (χ1v) is 9.11. The van der Waals surface area contributed by atoms with Crippen molar-refractivity contribution in [2.24, 2.45) is 4.99 Å². The van der Waals surface area contributed by atoms with Crippen LogP contribution in [0.5, 0.6) is 0 Å². The van der Waals surface area contributed by atoms with E-state index in [2.05, 4.69) is 15.3 Å². The fourth-order valence-corrected chi connectivity index (χ4v) is 4.04. The van der Waals surface area contributed by atoms with E-state index in [-0.39, 0.29) is 11.6 Å². The van der Waals surface area contributed by atoms with Gasteiger partial charge in [-0.1, -0.05) is 23.5 Å². The predicted molar refractivity (Wildman–Crippen MR) is 104 cm³/mol. The van der Waals surface area contributed by atoms with Crippen molar-refractivity contribution < 1.29 is 9.72 Å². The van der Waals surface area contributed by atoms with Gasteiger partial charge in [0.2, 0.25) is 5.13 Å². The molecule has 128 valence electrons. The first kappa shape index (κ1) is 16.4. The van der Waals surface area contributed by atoms with Gasteiger partial charge in [-0.05, 0) is 47.7 Å². The Labute approximate surface area is 155 Å². The number of para-hydroxylation sites is 1. The number of thiazole rings is 1. The fourth-order valence-electron chi connectivity index (χ4n) is 2.32. The largest absolute Gasteiger partial charge is 0.300 e. The molecule has 0 unspecified atom stereocenters. The number of aromatic nitrogens is 1. The zero-order chi connectivity index (χ0) is 18.1. The molecule has 1 aromatic heterocycles. The first-order valence-electron chi connectivity index (χ1n) is 7.48. The molecule has 1 amide bonds. The molecule has 26 heavy (non-hydrogen) atoms. The van der Waals surface area contributed by atoms with Crippen LogP contribution in [0, 0.1) is 10.1 Å². The monoisotopic (exact) mass is 382 g/mol. The highest BCUT2D eigenvalue weighted by atomic mass is 32.2. The molecule has 0 atom stereocenters. The lowest BCUT2D eigenvalue weighted by molar-refractivity contribution is -0.384. The van der Waals surface area contributed by atoms with E-state index >= 15 is 0 Å². The van der Waals surface area contributed by atoms with Gasteiger partial charge >= 0.3 is 0 Å². The molecule has 1 fully saturated rings. The quantitative estimate of drug-likeness (QED) is 0.418. The summed E-state index contributed by atoms with van der Waals surface area (Å²) in [5, 5.41) is 14.4. The number of amides is 1. The molecule has 0 bridgehead atoms. The van der Waals surface area contributed by atoms with Gasteiger partial charge in [0.05, 0.1) is 20.0 Å². The third-order valence-electron chi connectivity index (χ3n) is 3.53. The Bertz CT molecular complexity index is 1050. The number of fused-ring (bicyclic) bond motifs is 1. The number of nitro groups is 1. The number of carbonyl (C=O) groups is 1. The molecule has 0 spiro atoms. The van der Waals surface area contributed by atoms with Gasteiger partial charge in [-0.3, -0.25) is 14.9 Å². The SMILES string of the molecule is O=C1N/C(=N\c2nc3ccccc3s2)S/C1=C/c1ccc([N+](=O)[O-])cc1. The predicted octanol–water partition coefficient (Wildman–Crippen LogP) is 4.10. The van der Waals surface area contributed by atoms with E-state index in [0.29, 0.717) is 20.8 Å². The lowest BCUT2D eigenvalue weighted by atomic mass is 10.2. The molecule has 2 heterocycles. The molecule has 0 saturated carbocycles. The molecule has 7 nitrogen and oxygen atoms in total. The summed E-state index contributed by atoms with van der Waals surface area (Å²) in [5.41, 5.74) is 1.58. The van der Waals surface area contributed by atoms with Crippen molar-refractivity contribution in [2.75, 3.05) is 0 Å². The van der Waals surface area contributed by atoms with Crippen LogP contribution in [0.25, 0.3) is 16.3 Å². The van der Waals surface area contributed by atoms with Crippen LogP contribution in [0.15, 0.2) is 58.4 Å². The number of nitro benzene ring substituents is 1. The number of carbonyl (C=O) groups excluding carboxylic acids is 1. The number of thioether (sulfide) groups is 1. The third-order valence-corrected chi connectivity index (χ3v) is 5.37. The van der Waals surface area contributed by atoms with Crippen LogP contribution >= 0.6 is 23.1 Å². The number of hydrogen-bond acceptors (Lipinski definition) is 7. The van der Waals surface area contributed by atoms with Gasteiger partial charge in [-0.2, -0.15) is 4.99 Å². The van der Waals surface area contributed by atoms with Gasteiger partial charge < -0.3 is 5.32 Å². The van der Waals surface area contributed by atoms with E-state index in [1.54, 1.807) is 18.2 Å². The van der Waals surface area contributed by atoms with Crippen LogP contribution < -0.4 is 5.32 Å². The van der Waals surface area contributed by atoms with Crippen LogP contribution in [0.3, 0.4) is 0 Å². The van der Waals surface area contributed by atoms with Gasteiger partial charge in [0.25, 0.3) is 11.6 Å². The zero-order valence-electron chi connectivity index (χ0n) is 13.1. The number of nitrogens with one attached hydrogen (secondary N) is 1. The summed E-state index contributed by atoms with van der Waals surface area (Å²) in [6, 6.07) is 13.7. The Morgan fingerprint density at radius 2 is 1.92 bits per heavy atom. The second kappa shape index (κ2) is 6.70. The number of rotatable bonds is 3. The molecule has 1 N–H and O–H groups in total. The minimum Gasteiger partial charge on any atom is -0.300 e. The minimum atomic E-state index is -0.462. The summed E-state index contributed by atoms with van der Waals surface area (Å²) in [4.78, 5) is 31.6. The van der Waals surface area contributed by atoms with Gasteiger partial charge in [-0.15, -0.1) is 0 Å². The number of nitrogens with zero attached hydrogens (tertiary/aromatic N) is 3. The van der Waals surface area contributed by atoms with Crippen molar-refractivity contribution in [3.05, 3.63) is 69.1 Å². The van der Waals surface area contributed by atoms with E-state index < -0.39 is 4.92 Å². The van der Waals surface area contributed by atoms with Gasteiger partial charge in [0.1, 0.15) is 0 Å².